The van der Waals surface area contributed by atoms with E-state index in [0.29, 0.717) is 36.0 Å². The second-order valence-corrected chi connectivity index (χ2v) is 5.54. The Morgan fingerprint density at radius 2 is 2.25 bits per heavy atom. The molecular formula is C14H17ClN2O3. The lowest BCUT2D eigenvalue weighted by Gasteiger charge is -2.31. The van der Waals surface area contributed by atoms with Crippen LogP contribution in [0, 0.1) is 23.0 Å². The summed E-state index contributed by atoms with van der Waals surface area (Å²) in [5.41, 5.74) is 1.06. The number of carbonyl (C=O) groups is 1. The molecule has 1 amide bonds. The molecule has 1 fully saturated rings. The molecule has 20 heavy (non-hydrogen) atoms. The molecule has 1 aliphatic heterocycles. The second-order valence-electron chi connectivity index (χ2n) is 5.23. The number of hydrogen-bond donors (Lipinski definition) is 0. The van der Waals surface area contributed by atoms with Crippen LogP contribution < -0.4 is 0 Å². The van der Waals surface area contributed by atoms with Crippen LogP contribution in [-0.4, -0.2) is 34.7 Å². The maximum Gasteiger partial charge on any atom is 0.270 e. The molecule has 1 atom stereocenters. The summed E-state index contributed by atoms with van der Waals surface area (Å²) in [6.45, 7) is 3.07. The van der Waals surface area contributed by atoms with E-state index < -0.39 is 4.92 Å². The number of nitro groups is 1. The standard InChI is InChI=1S/C14H17ClN2O3/c1-10-5-12(7-13(6-10)17(19)20)14(18)16-4-2-3-11(8-15)9-16/h5-7,11H,2-4,8-9H2,1H3. The van der Waals surface area contributed by atoms with E-state index in [1.807, 2.05) is 0 Å². The molecule has 5 nitrogen and oxygen atoms in total. The van der Waals surface area contributed by atoms with E-state index in [9.17, 15) is 14.9 Å². The molecule has 0 N–H and O–H groups in total. The summed E-state index contributed by atoms with van der Waals surface area (Å²) < 4.78 is 0. The van der Waals surface area contributed by atoms with Crippen molar-refractivity contribution < 1.29 is 9.72 Å². The topological polar surface area (TPSA) is 63.5 Å². The number of aryl methyl sites for hydroxylation is 1. The Hall–Kier alpha value is -1.62. The predicted octanol–water partition coefficient (Wildman–Crippen LogP) is 2.99. The van der Waals surface area contributed by atoms with Gasteiger partial charge in [-0.3, -0.25) is 14.9 Å². The summed E-state index contributed by atoms with van der Waals surface area (Å²) in [5.74, 6) is 0.707. The summed E-state index contributed by atoms with van der Waals surface area (Å²) in [4.78, 5) is 24.6. The molecule has 1 saturated heterocycles. The summed E-state index contributed by atoms with van der Waals surface area (Å²) >= 11 is 5.86. The van der Waals surface area contributed by atoms with Gasteiger partial charge < -0.3 is 4.90 Å². The first kappa shape index (κ1) is 14.8. The van der Waals surface area contributed by atoms with Gasteiger partial charge in [0.2, 0.25) is 0 Å². The number of nitrogens with zero attached hydrogens (tertiary/aromatic N) is 2. The number of benzene rings is 1. The van der Waals surface area contributed by atoms with Gasteiger partial charge in [0.1, 0.15) is 0 Å². The fourth-order valence-corrected chi connectivity index (χ4v) is 2.80. The Balaban J connectivity index is 2.22. The maximum atomic E-state index is 12.4. The Bertz CT molecular complexity index is 533. The van der Waals surface area contributed by atoms with Crippen molar-refractivity contribution in [2.45, 2.75) is 19.8 Å². The molecule has 6 heteroatoms. The van der Waals surface area contributed by atoms with Crippen molar-refractivity contribution in [1.29, 1.82) is 0 Å². The minimum atomic E-state index is -0.471. The highest BCUT2D eigenvalue weighted by molar-refractivity contribution is 6.18. The van der Waals surface area contributed by atoms with Gasteiger partial charge in [-0.2, -0.15) is 0 Å². The highest BCUT2D eigenvalue weighted by Crippen LogP contribution is 2.22. The largest absolute Gasteiger partial charge is 0.338 e. The highest BCUT2D eigenvalue weighted by Gasteiger charge is 2.25. The number of rotatable bonds is 3. The summed E-state index contributed by atoms with van der Waals surface area (Å²) in [6, 6.07) is 4.51. The normalized spacial score (nSPS) is 18.9. The molecule has 0 spiro atoms. The van der Waals surface area contributed by atoms with Crippen molar-refractivity contribution in [2.75, 3.05) is 19.0 Å². The Morgan fingerprint density at radius 3 is 2.90 bits per heavy atom. The number of nitro benzene ring substituents is 1. The average molecular weight is 297 g/mol. The predicted molar refractivity (Wildman–Crippen MR) is 77.2 cm³/mol. The number of halogens is 1. The van der Waals surface area contributed by atoms with Crippen LogP contribution in [0.5, 0.6) is 0 Å². The zero-order chi connectivity index (χ0) is 14.7. The second kappa shape index (κ2) is 6.22. The van der Waals surface area contributed by atoms with Crippen LogP contribution >= 0.6 is 11.6 Å². The Morgan fingerprint density at radius 1 is 1.50 bits per heavy atom. The van der Waals surface area contributed by atoms with Gasteiger partial charge in [-0.15, -0.1) is 11.6 Å². The van der Waals surface area contributed by atoms with Crippen LogP contribution in [0.3, 0.4) is 0 Å². The van der Waals surface area contributed by atoms with E-state index in [2.05, 4.69) is 0 Å². The fraction of sp³-hybridized carbons (Fsp3) is 0.500. The van der Waals surface area contributed by atoms with Crippen molar-refractivity contribution in [3.63, 3.8) is 0 Å². The first-order valence-electron chi connectivity index (χ1n) is 6.62. The van der Waals surface area contributed by atoms with Crippen LogP contribution in [0.4, 0.5) is 5.69 Å². The van der Waals surface area contributed by atoms with Crippen molar-refractivity contribution >= 4 is 23.2 Å². The third-order valence-electron chi connectivity index (χ3n) is 3.54. The SMILES string of the molecule is Cc1cc(C(=O)N2CCCC(CCl)C2)cc([N+](=O)[O-])c1. The van der Waals surface area contributed by atoms with Crippen LogP contribution in [-0.2, 0) is 0 Å². The van der Waals surface area contributed by atoms with Crippen molar-refractivity contribution in [1.82, 2.24) is 4.90 Å². The van der Waals surface area contributed by atoms with Crippen LogP contribution in [0.1, 0.15) is 28.8 Å². The van der Waals surface area contributed by atoms with Gasteiger partial charge in [0.25, 0.3) is 11.6 Å². The van der Waals surface area contributed by atoms with Crippen molar-refractivity contribution in [3.8, 4) is 0 Å². The van der Waals surface area contributed by atoms with Gasteiger partial charge in [0.15, 0.2) is 0 Å². The van der Waals surface area contributed by atoms with Crippen molar-refractivity contribution in [2.24, 2.45) is 5.92 Å². The molecule has 108 valence electrons. The number of alkyl halides is 1. The monoisotopic (exact) mass is 296 g/mol. The average Bonchev–Trinajstić information content (AvgIpc) is 2.45. The molecule has 1 aromatic rings. The highest BCUT2D eigenvalue weighted by atomic mass is 35.5. The number of non-ortho nitro benzene ring substituents is 1. The summed E-state index contributed by atoms with van der Waals surface area (Å²) in [5, 5.41) is 10.9. The molecule has 0 radical (unpaired) electrons. The molecule has 1 heterocycles. The minimum absolute atomic E-state index is 0.0424. The quantitative estimate of drug-likeness (QED) is 0.489. The summed E-state index contributed by atoms with van der Waals surface area (Å²) in [7, 11) is 0. The molecule has 0 bridgehead atoms. The Labute approximate surface area is 122 Å². The first-order chi connectivity index (χ1) is 9.51. The fourth-order valence-electron chi connectivity index (χ4n) is 2.55. The number of likely N-dealkylation sites (tertiary alicyclic amines) is 1. The molecular weight excluding hydrogens is 280 g/mol. The van der Waals surface area contributed by atoms with Gasteiger partial charge in [-0.05, 0) is 37.3 Å². The van der Waals surface area contributed by atoms with Gasteiger partial charge in [-0.1, -0.05) is 0 Å². The number of hydrogen-bond acceptors (Lipinski definition) is 3. The zero-order valence-corrected chi connectivity index (χ0v) is 12.1. The first-order valence-corrected chi connectivity index (χ1v) is 7.16. The summed E-state index contributed by atoms with van der Waals surface area (Å²) in [6.07, 6.45) is 1.96. The van der Waals surface area contributed by atoms with E-state index in [1.54, 1.807) is 17.9 Å². The molecule has 1 unspecified atom stereocenters. The van der Waals surface area contributed by atoms with E-state index in [0.717, 1.165) is 12.8 Å². The van der Waals surface area contributed by atoms with Gasteiger partial charge in [0, 0.05) is 36.7 Å². The van der Waals surface area contributed by atoms with E-state index >= 15 is 0 Å². The van der Waals surface area contributed by atoms with Gasteiger partial charge >= 0.3 is 0 Å². The van der Waals surface area contributed by atoms with Crippen LogP contribution in [0.25, 0.3) is 0 Å². The molecule has 0 saturated carbocycles. The van der Waals surface area contributed by atoms with Gasteiger partial charge in [-0.25, -0.2) is 0 Å². The minimum Gasteiger partial charge on any atom is -0.338 e. The number of piperidine rings is 1. The zero-order valence-electron chi connectivity index (χ0n) is 11.3. The Kier molecular flexibility index (Phi) is 4.60. The lowest BCUT2D eigenvalue weighted by molar-refractivity contribution is -0.384. The maximum absolute atomic E-state index is 12.4. The molecule has 1 aromatic carbocycles. The molecule has 1 aliphatic rings. The molecule has 2 rings (SSSR count). The smallest absolute Gasteiger partial charge is 0.270 e. The number of carbonyl (C=O) groups excluding carboxylic acids is 1. The van der Waals surface area contributed by atoms with E-state index in [4.69, 9.17) is 11.6 Å². The van der Waals surface area contributed by atoms with Gasteiger partial charge in [0.05, 0.1) is 4.92 Å². The van der Waals surface area contributed by atoms with Crippen LogP contribution in [0.2, 0.25) is 0 Å². The number of amides is 1. The van der Waals surface area contributed by atoms with E-state index in [1.165, 1.54) is 12.1 Å². The van der Waals surface area contributed by atoms with E-state index in [-0.39, 0.29) is 11.6 Å². The third kappa shape index (κ3) is 3.28. The van der Waals surface area contributed by atoms with Crippen LogP contribution in [0.15, 0.2) is 18.2 Å². The third-order valence-corrected chi connectivity index (χ3v) is 3.98. The lowest BCUT2D eigenvalue weighted by Crippen LogP contribution is -2.40. The lowest BCUT2D eigenvalue weighted by atomic mass is 9.99. The molecule has 0 aliphatic carbocycles. The molecule has 0 aromatic heterocycles. The van der Waals surface area contributed by atoms with Crippen molar-refractivity contribution in [3.05, 3.63) is 39.4 Å².